The second kappa shape index (κ2) is 13.7. The molecular weight excluding hydrogens is 301 g/mol. The van der Waals surface area contributed by atoms with Crippen molar-refractivity contribution < 1.29 is 43.6 Å². The summed E-state index contributed by atoms with van der Waals surface area (Å²) in [6.07, 6.45) is 1.32. The average Bonchev–Trinajstić information content (AvgIpc) is 2.43. The zero-order chi connectivity index (χ0) is 17.5. The van der Waals surface area contributed by atoms with Crippen LogP contribution < -0.4 is 5.32 Å². The van der Waals surface area contributed by atoms with Crippen LogP contribution in [0.15, 0.2) is 0 Å². The number of carboxylic acids is 1. The molecule has 0 bridgehead atoms. The molecule has 1 fully saturated rings. The number of hydrogen-bond acceptors (Lipinski definition) is 8. The van der Waals surface area contributed by atoms with Gasteiger partial charge in [0.2, 0.25) is 5.91 Å². The van der Waals surface area contributed by atoms with Gasteiger partial charge in [0.05, 0.1) is 18.5 Å². The topological polar surface area (TPSA) is 164 Å². The minimum absolute atomic E-state index is 0.120. The van der Waals surface area contributed by atoms with Gasteiger partial charge in [-0.25, -0.2) is 0 Å². The SMILES string of the molecule is CCC(=O)N[C@H]1CC[C@@H](CC(=O)O)OB1O.O=C=O.O=C=O. The van der Waals surface area contributed by atoms with Crippen molar-refractivity contribution in [3.8, 4) is 0 Å². The van der Waals surface area contributed by atoms with Crippen LogP contribution in [-0.2, 0) is 33.4 Å². The molecular formula is C11H16BNO9. The maximum absolute atomic E-state index is 11.1. The number of amides is 1. The van der Waals surface area contributed by atoms with Crippen molar-refractivity contribution >= 4 is 31.3 Å². The van der Waals surface area contributed by atoms with Gasteiger partial charge in [0, 0.05) is 6.42 Å². The van der Waals surface area contributed by atoms with E-state index in [1.54, 1.807) is 6.92 Å². The van der Waals surface area contributed by atoms with E-state index in [0.717, 1.165) is 0 Å². The van der Waals surface area contributed by atoms with Crippen LogP contribution >= 0.6 is 0 Å². The smallest absolute Gasteiger partial charge is 0.478 e. The Bertz CT molecular complexity index is 404. The van der Waals surface area contributed by atoms with Gasteiger partial charge in [-0.1, -0.05) is 6.92 Å². The number of hydrogen-bond donors (Lipinski definition) is 3. The second-order valence-electron chi connectivity index (χ2n) is 4.02. The predicted octanol–water partition coefficient (Wildman–Crippen LogP) is -1.61. The van der Waals surface area contributed by atoms with Gasteiger partial charge in [0.25, 0.3) is 0 Å². The summed E-state index contributed by atoms with van der Waals surface area (Å²) in [7, 11) is -1.12. The normalized spacial score (nSPS) is 19.1. The van der Waals surface area contributed by atoms with Crippen LogP contribution in [0.1, 0.15) is 32.6 Å². The third kappa shape index (κ3) is 11.5. The quantitative estimate of drug-likeness (QED) is 0.517. The molecule has 1 rings (SSSR count). The minimum Gasteiger partial charge on any atom is -0.481 e. The molecule has 122 valence electrons. The van der Waals surface area contributed by atoms with Gasteiger partial charge in [0.15, 0.2) is 0 Å². The molecule has 1 amide bonds. The summed E-state index contributed by atoms with van der Waals surface area (Å²) in [5.41, 5.74) is 0. The van der Waals surface area contributed by atoms with Crippen molar-refractivity contribution in [2.75, 3.05) is 0 Å². The molecule has 1 aliphatic heterocycles. The molecule has 0 aromatic heterocycles. The molecule has 0 aromatic rings. The van der Waals surface area contributed by atoms with E-state index in [0.29, 0.717) is 19.3 Å². The minimum atomic E-state index is -1.12. The zero-order valence-corrected chi connectivity index (χ0v) is 11.8. The maximum Gasteiger partial charge on any atom is 0.478 e. The molecule has 22 heavy (non-hydrogen) atoms. The first-order valence-electron chi connectivity index (χ1n) is 6.19. The third-order valence-electron chi connectivity index (χ3n) is 2.55. The van der Waals surface area contributed by atoms with E-state index in [2.05, 4.69) is 5.32 Å². The number of carbonyl (C=O) groups excluding carboxylic acids is 5. The lowest BCUT2D eigenvalue weighted by atomic mass is 9.72. The van der Waals surface area contributed by atoms with Crippen molar-refractivity contribution in [2.45, 2.75) is 44.7 Å². The van der Waals surface area contributed by atoms with Crippen LogP contribution in [0.25, 0.3) is 0 Å². The van der Waals surface area contributed by atoms with Crippen LogP contribution in [0.2, 0.25) is 0 Å². The average molecular weight is 317 g/mol. The van der Waals surface area contributed by atoms with E-state index in [-0.39, 0.29) is 24.6 Å². The van der Waals surface area contributed by atoms with Crippen molar-refractivity contribution in [1.82, 2.24) is 5.32 Å². The number of carboxylic acid groups (broad SMARTS) is 1. The summed E-state index contributed by atoms with van der Waals surface area (Å²) < 4.78 is 5.12. The molecule has 0 unspecified atom stereocenters. The molecule has 10 nitrogen and oxygen atoms in total. The second-order valence-corrected chi connectivity index (χ2v) is 4.02. The Kier molecular flexibility index (Phi) is 13.6. The number of aliphatic carboxylic acids is 1. The summed E-state index contributed by atoms with van der Waals surface area (Å²) in [5, 5.41) is 20.8. The largest absolute Gasteiger partial charge is 0.481 e. The molecule has 2 atom stereocenters. The van der Waals surface area contributed by atoms with Gasteiger partial charge in [-0.2, -0.15) is 19.2 Å². The molecule has 1 saturated heterocycles. The van der Waals surface area contributed by atoms with Gasteiger partial charge in [0.1, 0.15) is 0 Å². The summed E-state index contributed by atoms with van der Waals surface area (Å²) >= 11 is 0. The zero-order valence-electron chi connectivity index (χ0n) is 11.8. The number of nitrogens with one attached hydrogen (secondary N) is 1. The van der Waals surface area contributed by atoms with Gasteiger partial charge >= 0.3 is 25.4 Å². The van der Waals surface area contributed by atoms with Crippen molar-refractivity contribution in [3.63, 3.8) is 0 Å². The highest BCUT2D eigenvalue weighted by atomic mass is 16.5. The maximum atomic E-state index is 11.1. The van der Waals surface area contributed by atoms with Crippen molar-refractivity contribution in [1.29, 1.82) is 0 Å². The summed E-state index contributed by atoms with van der Waals surface area (Å²) in [6.45, 7) is 1.72. The fourth-order valence-corrected chi connectivity index (χ4v) is 1.67. The van der Waals surface area contributed by atoms with Crippen LogP contribution in [0.5, 0.6) is 0 Å². The lowest BCUT2D eigenvalue weighted by Gasteiger charge is -2.30. The molecule has 1 aliphatic rings. The van der Waals surface area contributed by atoms with Crippen molar-refractivity contribution in [2.24, 2.45) is 0 Å². The lowest BCUT2D eigenvalue weighted by molar-refractivity contribution is -0.193. The summed E-state index contributed by atoms with van der Waals surface area (Å²) in [6, 6.07) is 0. The Hall–Kier alpha value is -2.32. The molecule has 1 heterocycles. The first-order valence-corrected chi connectivity index (χ1v) is 6.19. The lowest BCUT2D eigenvalue weighted by Crippen LogP contribution is -2.52. The molecule has 3 N–H and O–H groups in total. The Morgan fingerprint density at radius 1 is 1.23 bits per heavy atom. The monoisotopic (exact) mass is 317 g/mol. The van der Waals surface area contributed by atoms with Crippen molar-refractivity contribution in [3.05, 3.63) is 0 Å². The highest BCUT2D eigenvalue weighted by Crippen LogP contribution is 2.18. The Morgan fingerprint density at radius 2 is 1.73 bits per heavy atom. The Labute approximate surface area is 126 Å². The van der Waals surface area contributed by atoms with E-state index >= 15 is 0 Å². The van der Waals surface area contributed by atoms with Crippen LogP contribution in [0, 0.1) is 0 Å². The van der Waals surface area contributed by atoms with E-state index in [4.69, 9.17) is 28.9 Å². The summed E-state index contributed by atoms with van der Waals surface area (Å²) in [4.78, 5) is 54.1. The first-order chi connectivity index (χ1) is 10.4. The van der Waals surface area contributed by atoms with E-state index in [9.17, 15) is 14.6 Å². The van der Waals surface area contributed by atoms with Crippen LogP contribution in [0.3, 0.4) is 0 Å². The fourth-order valence-electron chi connectivity index (χ4n) is 1.67. The van der Waals surface area contributed by atoms with Gasteiger partial charge in [-0.15, -0.1) is 0 Å². The molecule has 0 radical (unpaired) electrons. The van der Waals surface area contributed by atoms with Gasteiger partial charge in [-0.05, 0) is 12.8 Å². The molecule has 0 aromatic carbocycles. The summed E-state index contributed by atoms with van der Waals surface area (Å²) in [5.74, 6) is -1.53. The van der Waals surface area contributed by atoms with Crippen LogP contribution in [0.4, 0.5) is 0 Å². The molecule has 0 aliphatic carbocycles. The van der Waals surface area contributed by atoms with Crippen LogP contribution in [-0.4, -0.2) is 53.5 Å². The van der Waals surface area contributed by atoms with E-state index in [1.165, 1.54) is 0 Å². The number of rotatable bonds is 4. The molecule has 11 heteroatoms. The third-order valence-corrected chi connectivity index (χ3v) is 2.55. The first kappa shape index (κ1) is 22.0. The standard InChI is InChI=1S/C9H16BNO5.2CO2/c1-2-8(12)11-7-4-3-6(5-9(13)14)16-10(7)15;2*2-1-3/h6-7,15H,2-5H2,1H3,(H,11,12)(H,13,14);;/t6-,7-;;/m0../s1. The highest BCUT2D eigenvalue weighted by molar-refractivity contribution is 6.45. The molecule has 0 spiro atoms. The number of carbonyl (C=O) groups is 2. The predicted molar refractivity (Wildman–Crippen MR) is 66.6 cm³/mol. The van der Waals surface area contributed by atoms with E-state index in [1.807, 2.05) is 0 Å². The fraction of sp³-hybridized carbons (Fsp3) is 0.636. The van der Waals surface area contributed by atoms with E-state index < -0.39 is 25.1 Å². The van der Waals surface area contributed by atoms with Gasteiger partial charge in [-0.3, -0.25) is 9.59 Å². The highest BCUT2D eigenvalue weighted by Gasteiger charge is 2.36. The van der Waals surface area contributed by atoms with Gasteiger partial charge < -0.3 is 20.1 Å². The Balaban J connectivity index is 0. The molecule has 0 saturated carbocycles. The Morgan fingerprint density at radius 3 is 2.09 bits per heavy atom.